The molecule has 0 spiro atoms. The lowest BCUT2D eigenvalue weighted by molar-refractivity contribution is -0.384. The summed E-state index contributed by atoms with van der Waals surface area (Å²) < 4.78 is 10.9. The largest absolute Gasteiger partial charge is 0.497 e. The molecule has 0 N–H and O–H groups in total. The molecule has 0 saturated carbocycles. The van der Waals surface area contributed by atoms with Crippen molar-refractivity contribution in [2.45, 2.75) is 12.5 Å². The Morgan fingerprint density at radius 2 is 1.95 bits per heavy atom. The second kappa shape index (κ2) is 5.48. The number of nitro groups is 1. The van der Waals surface area contributed by atoms with Gasteiger partial charge in [-0.25, -0.2) is 0 Å². The number of hydrogen-bond donors (Lipinski definition) is 0. The highest BCUT2D eigenvalue weighted by Gasteiger charge is 2.28. The number of rotatable bonds is 3. The van der Waals surface area contributed by atoms with Crippen LogP contribution in [0.3, 0.4) is 0 Å². The van der Waals surface area contributed by atoms with Crippen LogP contribution >= 0.6 is 0 Å². The maximum absolute atomic E-state index is 12.3. The first-order valence-corrected chi connectivity index (χ1v) is 6.70. The lowest BCUT2D eigenvalue weighted by Crippen LogP contribution is -2.20. The van der Waals surface area contributed by atoms with Crippen molar-refractivity contribution in [3.8, 4) is 11.5 Å². The van der Waals surface area contributed by atoms with E-state index >= 15 is 0 Å². The molecule has 6 heteroatoms. The van der Waals surface area contributed by atoms with Gasteiger partial charge in [0.15, 0.2) is 5.78 Å². The Morgan fingerprint density at radius 3 is 2.59 bits per heavy atom. The second-order valence-corrected chi connectivity index (χ2v) is 4.94. The van der Waals surface area contributed by atoms with Gasteiger partial charge in [0.2, 0.25) is 0 Å². The number of methoxy groups -OCH3 is 1. The Labute approximate surface area is 126 Å². The van der Waals surface area contributed by atoms with Crippen LogP contribution in [0.4, 0.5) is 5.69 Å². The molecule has 0 bridgehead atoms. The summed E-state index contributed by atoms with van der Waals surface area (Å²) >= 11 is 0. The molecular weight excluding hydrogens is 286 g/mol. The van der Waals surface area contributed by atoms with Crippen molar-refractivity contribution >= 4 is 11.5 Å². The summed E-state index contributed by atoms with van der Waals surface area (Å²) in [6.45, 7) is 0. The highest BCUT2D eigenvalue weighted by Crippen LogP contribution is 2.36. The third-order valence-corrected chi connectivity index (χ3v) is 3.60. The lowest BCUT2D eigenvalue weighted by atomic mass is 9.96. The van der Waals surface area contributed by atoms with Gasteiger partial charge in [-0.15, -0.1) is 0 Å². The second-order valence-electron chi connectivity index (χ2n) is 4.94. The van der Waals surface area contributed by atoms with Crippen LogP contribution in [0, 0.1) is 10.1 Å². The highest BCUT2D eigenvalue weighted by atomic mass is 16.6. The molecule has 1 unspecified atom stereocenters. The Hall–Kier alpha value is -2.89. The van der Waals surface area contributed by atoms with Gasteiger partial charge in [0, 0.05) is 12.1 Å². The lowest BCUT2D eigenvalue weighted by Gasteiger charge is -2.25. The van der Waals surface area contributed by atoms with Crippen molar-refractivity contribution in [1.29, 1.82) is 0 Å². The first-order valence-electron chi connectivity index (χ1n) is 6.70. The van der Waals surface area contributed by atoms with Crippen LogP contribution in [0.15, 0.2) is 42.5 Å². The molecule has 22 heavy (non-hydrogen) atoms. The minimum atomic E-state index is -0.460. The molecule has 112 valence electrons. The Morgan fingerprint density at radius 1 is 1.23 bits per heavy atom. The summed E-state index contributed by atoms with van der Waals surface area (Å²) in [7, 11) is 1.54. The number of nitrogens with zero attached hydrogens (tertiary/aromatic N) is 1. The molecule has 1 aliphatic heterocycles. The standard InChI is InChI=1S/C16H13NO5/c1-21-12-6-7-15-13(8-12)14(18)9-16(22-15)10-2-4-11(5-3-10)17(19)20/h2-8,16H,9H2,1H3. The van der Waals surface area contributed by atoms with Gasteiger partial charge in [0.1, 0.15) is 17.6 Å². The van der Waals surface area contributed by atoms with E-state index in [2.05, 4.69) is 0 Å². The maximum Gasteiger partial charge on any atom is 0.269 e. The molecule has 2 aromatic carbocycles. The zero-order chi connectivity index (χ0) is 15.7. The molecule has 1 atom stereocenters. The van der Waals surface area contributed by atoms with E-state index in [1.165, 1.54) is 19.2 Å². The molecule has 0 radical (unpaired) electrons. The molecule has 0 amide bonds. The predicted molar refractivity (Wildman–Crippen MR) is 78.4 cm³/mol. The number of hydrogen-bond acceptors (Lipinski definition) is 5. The van der Waals surface area contributed by atoms with Gasteiger partial charge < -0.3 is 9.47 Å². The Bertz CT molecular complexity index is 739. The van der Waals surface area contributed by atoms with E-state index in [0.29, 0.717) is 17.1 Å². The number of benzene rings is 2. The molecule has 1 heterocycles. The summed E-state index contributed by atoms with van der Waals surface area (Å²) in [5, 5.41) is 10.7. The SMILES string of the molecule is COc1ccc2c(c1)C(=O)CC(c1ccc([N+](=O)[O-])cc1)O2. The smallest absolute Gasteiger partial charge is 0.269 e. The van der Waals surface area contributed by atoms with Crippen LogP contribution in [0.1, 0.15) is 28.4 Å². The van der Waals surface area contributed by atoms with Gasteiger partial charge in [0.25, 0.3) is 5.69 Å². The first kappa shape index (κ1) is 14.1. The van der Waals surface area contributed by atoms with Crippen molar-refractivity contribution in [3.63, 3.8) is 0 Å². The summed E-state index contributed by atoms with van der Waals surface area (Å²) in [6.07, 6.45) is -0.243. The van der Waals surface area contributed by atoms with Crippen LogP contribution in [-0.2, 0) is 0 Å². The molecule has 0 fully saturated rings. The number of ether oxygens (including phenoxy) is 2. The van der Waals surface area contributed by atoms with Crippen LogP contribution in [0.25, 0.3) is 0 Å². The van der Waals surface area contributed by atoms with E-state index in [-0.39, 0.29) is 17.9 Å². The zero-order valence-electron chi connectivity index (χ0n) is 11.8. The number of carbonyl (C=O) groups excluding carboxylic acids is 1. The number of nitro benzene ring substituents is 1. The molecule has 6 nitrogen and oxygen atoms in total. The third-order valence-electron chi connectivity index (χ3n) is 3.60. The maximum atomic E-state index is 12.3. The fourth-order valence-electron chi connectivity index (χ4n) is 2.43. The van der Waals surface area contributed by atoms with Gasteiger partial charge in [-0.05, 0) is 35.9 Å². The van der Waals surface area contributed by atoms with Gasteiger partial charge in [-0.2, -0.15) is 0 Å². The predicted octanol–water partition coefficient (Wildman–Crippen LogP) is 3.31. The normalized spacial score (nSPS) is 16.6. The molecular formula is C16H13NO5. The number of ketones is 1. The van der Waals surface area contributed by atoms with E-state index < -0.39 is 11.0 Å². The van der Waals surface area contributed by atoms with E-state index in [0.717, 1.165) is 5.56 Å². The summed E-state index contributed by atoms with van der Waals surface area (Å²) in [6, 6.07) is 11.1. The van der Waals surface area contributed by atoms with E-state index in [1.54, 1.807) is 30.3 Å². The van der Waals surface area contributed by atoms with Gasteiger partial charge in [-0.1, -0.05) is 0 Å². The number of Topliss-reactive ketones (excluding diaryl/α,β-unsaturated/α-hetero) is 1. The van der Waals surface area contributed by atoms with E-state index in [1.807, 2.05) is 0 Å². The quantitative estimate of drug-likeness (QED) is 0.641. The molecule has 0 saturated heterocycles. The molecule has 3 rings (SSSR count). The first-order chi connectivity index (χ1) is 10.6. The zero-order valence-corrected chi connectivity index (χ0v) is 11.8. The number of non-ortho nitro benzene ring substituents is 1. The van der Waals surface area contributed by atoms with E-state index in [9.17, 15) is 14.9 Å². The average molecular weight is 299 g/mol. The molecule has 1 aliphatic rings. The van der Waals surface area contributed by atoms with Crippen molar-refractivity contribution in [2.75, 3.05) is 7.11 Å². The Balaban J connectivity index is 1.88. The summed E-state index contributed by atoms with van der Waals surface area (Å²) in [4.78, 5) is 22.5. The highest BCUT2D eigenvalue weighted by molar-refractivity contribution is 6.00. The van der Waals surface area contributed by atoms with Gasteiger partial charge in [0.05, 0.1) is 24.0 Å². The molecule has 0 aliphatic carbocycles. The van der Waals surface area contributed by atoms with Crippen LogP contribution in [0.5, 0.6) is 11.5 Å². The summed E-state index contributed by atoms with van der Waals surface area (Å²) in [5.74, 6) is 1.06. The van der Waals surface area contributed by atoms with Crippen LogP contribution in [-0.4, -0.2) is 17.8 Å². The minimum Gasteiger partial charge on any atom is -0.497 e. The van der Waals surface area contributed by atoms with Crippen molar-refractivity contribution in [1.82, 2.24) is 0 Å². The Kier molecular flexibility index (Phi) is 3.50. The topological polar surface area (TPSA) is 78.7 Å². The molecule has 2 aromatic rings. The minimum absolute atomic E-state index is 0.0102. The number of fused-ring (bicyclic) bond motifs is 1. The fourth-order valence-corrected chi connectivity index (χ4v) is 2.43. The van der Waals surface area contributed by atoms with Crippen LogP contribution in [0.2, 0.25) is 0 Å². The summed E-state index contributed by atoms with van der Waals surface area (Å²) in [5.41, 5.74) is 1.24. The average Bonchev–Trinajstić information content (AvgIpc) is 2.54. The van der Waals surface area contributed by atoms with Crippen molar-refractivity contribution < 1.29 is 19.2 Å². The van der Waals surface area contributed by atoms with Crippen molar-refractivity contribution in [3.05, 3.63) is 63.7 Å². The third kappa shape index (κ3) is 2.50. The van der Waals surface area contributed by atoms with Gasteiger partial charge in [-0.3, -0.25) is 14.9 Å². The van der Waals surface area contributed by atoms with Crippen molar-refractivity contribution in [2.24, 2.45) is 0 Å². The fraction of sp³-hybridized carbons (Fsp3) is 0.188. The monoisotopic (exact) mass is 299 g/mol. The van der Waals surface area contributed by atoms with Crippen LogP contribution < -0.4 is 9.47 Å². The van der Waals surface area contributed by atoms with E-state index in [4.69, 9.17) is 9.47 Å². The number of carbonyl (C=O) groups is 1. The van der Waals surface area contributed by atoms with Gasteiger partial charge >= 0.3 is 0 Å². The molecule has 0 aromatic heterocycles.